The summed E-state index contributed by atoms with van der Waals surface area (Å²) in [4.78, 5) is 15.2. The van der Waals surface area contributed by atoms with Crippen LogP contribution in [0.5, 0.6) is 0 Å². The van der Waals surface area contributed by atoms with E-state index in [9.17, 15) is 14.5 Å². The van der Waals surface area contributed by atoms with Gasteiger partial charge in [0.25, 0.3) is 0 Å². The second-order valence-corrected chi connectivity index (χ2v) is 11.4. The molecule has 0 bridgehead atoms. The van der Waals surface area contributed by atoms with Gasteiger partial charge in [0.2, 0.25) is 0 Å². The smallest absolute Gasteiger partial charge is 0.407 e. The quantitative estimate of drug-likeness (QED) is 0.724. The molecule has 2 saturated heterocycles. The van der Waals surface area contributed by atoms with Gasteiger partial charge in [0, 0.05) is 42.8 Å². The standard InChI is InChI=1S/C22H31N3O4S/c1-21(2,3)30(28)23-19-18-14-17(24-10-12-29-13-11-24)5-4-16(18)15-22(19)6-8-25(9-7-22)20(26)27/h4-5,14H,6-13,15H2,1-3H3,(H,26,27). The summed E-state index contributed by atoms with van der Waals surface area (Å²) in [6, 6.07) is 6.53. The normalized spacial score (nSPS) is 23.7. The third-order valence-corrected chi connectivity index (χ3v) is 7.84. The van der Waals surface area contributed by atoms with Crippen LogP contribution in [0, 0.1) is 5.41 Å². The molecule has 1 atom stereocenters. The third kappa shape index (κ3) is 4.05. The molecule has 7 nitrogen and oxygen atoms in total. The molecule has 1 aromatic carbocycles. The van der Waals surface area contributed by atoms with Crippen LogP contribution in [0.1, 0.15) is 44.7 Å². The van der Waals surface area contributed by atoms with E-state index in [0.717, 1.165) is 49.7 Å². The fourth-order valence-corrected chi connectivity index (χ4v) is 5.33. The third-order valence-electron chi connectivity index (χ3n) is 6.45. The first kappa shape index (κ1) is 21.5. The van der Waals surface area contributed by atoms with Crippen molar-refractivity contribution < 1.29 is 19.2 Å². The molecule has 0 radical (unpaired) electrons. The van der Waals surface area contributed by atoms with Crippen LogP contribution >= 0.6 is 0 Å². The Balaban J connectivity index is 1.71. The maximum absolute atomic E-state index is 13.0. The minimum absolute atomic E-state index is 0.237. The van der Waals surface area contributed by atoms with Crippen molar-refractivity contribution in [3.05, 3.63) is 29.3 Å². The Morgan fingerprint density at radius 2 is 1.87 bits per heavy atom. The second-order valence-electron chi connectivity index (χ2n) is 9.47. The van der Waals surface area contributed by atoms with Gasteiger partial charge in [-0.3, -0.25) is 0 Å². The largest absolute Gasteiger partial charge is 0.591 e. The number of ether oxygens (including phenoxy) is 1. The minimum atomic E-state index is -1.37. The molecular formula is C22H31N3O4S. The Labute approximate surface area is 181 Å². The van der Waals surface area contributed by atoms with Crippen LogP contribution in [0.4, 0.5) is 10.5 Å². The first-order valence-electron chi connectivity index (χ1n) is 10.6. The molecule has 1 spiro atoms. The molecule has 0 aromatic heterocycles. The van der Waals surface area contributed by atoms with Crippen molar-refractivity contribution in [3.63, 3.8) is 0 Å². The van der Waals surface area contributed by atoms with Crippen LogP contribution in [-0.2, 0) is 22.5 Å². The molecule has 1 unspecified atom stereocenters. The average Bonchev–Trinajstić information content (AvgIpc) is 3.00. The monoisotopic (exact) mass is 433 g/mol. The van der Waals surface area contributed by atoms with Crippen LogP contribution in [-0.4, -0.2) is 70.5 Å². The highest BCUT2D eigenvalue weighted by Crippen LogP contribution is 2.46. The van der Waals surface area contributed by atoms with Gasteiger partial charge in [-0.2, -0.15) is 0 Å². The summed E-state index contributed by atoms with van der Waals surface area (Å²) in [7, 11) is 0. The lowest BCUT2D eigenvalue weighted by molar-refractivity contribution is 0.115. The number of piperidine rings is 1. The molecule has 164 valence electrons. The van der Waals surface area contributed by atoms with Gasteiger partial charge >= 0.3 is 6.09 Å². The summed E-state index contributed by atoms with van der Waals surface area (Å²) >= 11 is -1.37. The first-order valence-corrected chi connectivity index (χ1v) is 11.8. The number of nitrogens with zero attached hydrogens (tertiary/aromatic N) is 3. The predicted octanol–water partition coefficient (Wildman–Crippen LogP) is 3.09. The highest BCUT2D eigenvalue weighted by atomic mass is 32.2. The van der Waals surface area contributed by atoms with Crippen molar-refractivity contribution in [2.75, 3.05) is 44.3 Å². The van der Waals surface area contributed by atoms with E-state index in [1.54, 1.807) is 0 Å². The van der Waals surface area contributed by atoms with E-state index in [0.29, 0.717) is 25.9 Å². The van der Waals surface area contributed by atoms with Gasteiger partial charge in [0.15, 0.2) is 0 Å². The molecule has 1 aromatic rings. The first-order chi connectivity index (χ1) is 14.2. The SMILES string of the molecule is CC(C)(C)[S+]([O-])N=C1c2cc(N3CCOCC3)ccc2CC12CCN(C(=O)O)CC2. The van der Waals surface area contributed by atoms with Gasteiger partial charge < -0.3 is 24.2 Å². The number of fused-ring (bicyclic) bond motifs is 1. The molecule has 2 heterocycles. The molecule has 4 rings (SSSR count). The van der Waals surface area contributed by atoms with Gasteiger partial charge in [-0.15, -0.1) is 0 Å². The Bertz CT molecular complexity index is 837. The predicted molar refractivity (Wildman–Crippen MR) is 119 cm³/mol. The molecule has 3 aliphatic rings. The van der Waals surface area contributed by atoms with E-state index in [1.165, 1.54) is 10.5 Å². The topological polar surface area (TPSA) is 88.4 Å². The fraction of sp³-hybridized carbons (Fsp3) is 0.636. The lowest BCUT2D eigenvalue weighted by atomic mass is 9.74. The van der Waals surface area contributed by atoms with Crippen molar-refractivity contribution in [2.45, 2.75) is 44.8 Å². The number of morpholine rings is 1. The zero-order chi connectivity index (χ0) is 21.5. The summed E-state index contributed by atoms with van der Waals surface area (Å²) in [6.07, 6.45) is 1.38. The molecule has 0 saturated carbocycles. The number of hydrogen-bond acceptors (Lipinski definition) is 5. The molecule has 8 heteroatoms. The summed E-state index contributed by atoms with van der Waals surface area (Å²) in [5, 5.41) is 9.37. The molecule has 1 aliphatic carbocycles. The average molecular weight is 434 g/mol. The maximum Gasteiger partial charge on any atom is 0.407 e. The van der Waals surface area contributed by atoms with E-state index in [2.05, 4.69) is 23.1 Å². The van der Waals surface area contributed by atoms with Crippen LogP contribution in [0.25, 0.3) is 0 Å². The van der Waals surface area contributed by atoms with Gasteiger partial charge in [0.1, 0.15) is 21.8 Å². The van der Waals surface area contributed by atoms with E-state index < -0.39 is 22.2 Å². The van der Waals surface area contributed by atoms with Crippen LogP contribution in [0.2, 0.25) is 0 Å². The summed E-state index contributed by atoms with van der Waals surface area (Å²) < 4.78 is 22.9. The highest BCUT2D eigenvalue weighted by Gasteiger charge is 2.48. The van der Waals surface area contributed by atoms with Gasteiger partial charge in [0.05, 0.1) is 13.2 Å². The molecule has 1 N–H and O–H groups in total. The van der Waals surface area contributed by atoms with E-state index in [-0.39, 0.29) is 5.41 Å². The number of carboxylic acid groups (broad SMARTS) is 1. The number of hydrogen-bond donors (Lipinski definition) is 1. The highest BCUT2D eigenvalue weighted by molar-refractivity contribution is 7.91. The van der Waals surface area contributed by atoms with Crippen LogP contribution in [0.3, 0.4) is 0 Å². The Morgan fingerprint density at radius 3 is 2.47 bits per heavy atom. The number of rotatable bonds is 2. The van der Waals surface area contributed by atoms with Gasteiger partial charge in [-0.1, -0.05) is 10.5 Å². The second kappa shape index (κ2) is 8.05. The fourth-order valence-electron chi connectivity index (χ4n) is 4.60. The zero-order valence-corrected chi connectivity index (χ0v) is 18.8. The zero-order valence-electron chi connectivity index (χ0n) is 18.0. The van der Waals surface area contributed by atoms with E-state index >= 15 is 0 Å². The Kier molecular flexibility index (Phi) is 5.76. The number of carbonyl (C=O) groups is 1. The Morgan fingerprint density at radius 1 is 1.20 bits per heavy atom. The number of amides is 1. The lowest BCUT2D eigenvalue weighted by Gasteiger charge is -2.38. The van der Waals surface area contributed by atoms with Crippen LogP contribution < -0.4 is 4.90 Å². The summed E-state index contributed by atoms with van der Waals surface area (Å²) in [5.74, 6) is 0. The number of likely N-dealkylation sites (tertiary alicyclic amines) is 1. The van der Waals surface area contributed by atoms with E-state index in [4.69, 9.17) is 9.13 Å². The summed E-state index contributed by atoms with van der Waals surface area (Å²) in [6.45, 7) is 9.95. The Hall–Kier alpha value is -1.77. The molecular weight excluding hydrogens is 402 g/mol. The number of benzene rings is 1. The molecule has 2 fully saturated rings. The molecule has 30 heavy (non-hydrogen) atoms. The van der Waals surface area contributed by atoms with Crippen molar-refractivity contribution in [1.82, 2.24) is 4.90 Å². The summed E-state index contributed by atoms with van der Waals surface area (Å²) in [5.41, 5.74) is 4.12. The lowest BCUT2D eigenvalue weighted by Crippen LogP contribution is -2.45. The van der Waals surface area contributed by atoms with Gasteiger partial charge in [-0.25, -0.2) is 4.79 Å². The van der Waals surface area contributed by atoms with Crippen LogP contribution in [0.15, 0.2) is 22.6 Å². The van der Waals surface area contributed by atoms with Gasteiger partial charge in [-0.05, 0) is 57.7 Å². The van der Waals surface area contributed by atoms with Crippen molar-refractivity contribution >= 4 is 28.9 Å². The molecule has 2 aliphatic heterocycles. The minimum Gasteiger partial charge on any atom is -0.591 e. The number of anilines is 1. The van der Waals surface area contributed by atoms with E-state index in [1.807, 2.05) is 20.8 Å². The van der Waals surface area contributed by atoms with Crippen molar-refractivity contribution in [1.29, 1.82) is 0 Å². The van der Waals surface area contributed by atoms with Crippen molar-refractivity contribution in [2.24, 2.45) is 9.81 Å². The maximum atomic E-state index is 13.0. The molecule has 1 amide bonds. The van der Waals surface area contributed by atoms with Crippen molar-refractivity contribution in [3.8, 4) is 0 Å².